The molecule has 1 fully saturated rings. The van der Waals surface area contributed by atoms with Crippen LogP contribution in [0.25, 0.3) is 0 Å². The SMILES string of the molecule is CCC(O)C1(C)CCCC(C)(C)C1(C)C. The third kappa shape index (κ3) is 1.73. The highest BCUT2D eigenvalue weighted by Crippen LogP contribution is 2.61. The number of hydrogen-bond donors (Lipinski definition) is 1. The molecule has 0 spiro atoms. The van der Waals surface area contributed by atoms with Crippen LogP contribution in [0.5, 0.6) is 0 Å². The summed E-state index contributed by atoms with van der Waals surface area (Å²) in [5, 5.41) is 10.3. The van der Waals surface area contributed by atoms with Crippen molar-refractivity contribution < 1.29 is 5.11 Å². The maximum absolute atomic E-state index is 10.3. The van der Waals surface area contributed by atoms with E-state index in [1.165, 1.54) is 19.3 Å². The van der Waals surface area contributed by atoms with Crippen LogP contribution in [0, 0.1) is 16.2 Å². The van der Waals surface area contributed by atoms with E-state index in [9.17, 15) is 5.11 Å². The molecule has 0 radical (unpaired) electrons. The summed E-state index contributed by atoms with van der Waals surface area (Å²) in [6, 6.07) is 0. The lowest BCUT2D eigenvalue weighted by atomic mass is 9.46. The smallest absolute Gasteiger partial charge is 0.0596 e. The zero-order valence-corrected chi connectivity index (χ0v) is 11.4. The Labute approximate surface area is 95.3 Å². The molecule has 1 aliphatic carbocycles. The third-order valence-electron chi connectivity index (χ3n) is 5.74. The molecular weight excluding hydrogens is 184 g/mol. The van der Waals surface area contributed by atoms with E-state index in [2.05, 4.69) is 41.5 Å². The van der Waals surface area contributed by atoms with Crippen molar-refractivity contribution >= 4 is 0 Å². The molecule has 90 valence electrons. The van der Waals surface area contributed by atoms with Crippen LogP contribution < -0.4 is 0 Å². The van der Waals surface area contributed by atoms with Gasteiger partial charge in [0.25, 0.3) is 0 Å². The second-order valence-corrected chi connectivity index (χ2v) is 6.70. The fourth-order valence-corrected chi connectivity index (χ4v) is 3.33. The molecule has 1 rings (SSSR count). The van der Waals surface area contributed by atoms with E-state index in [1.807, 2.05) is 0 Å². The molecule has 2 atom stereocenters. The Kier molecular flexibility index (Phi) is 3.27. The Morgan fingerprint density at radius 1 is 1.07 bits per heavy atom. The quantitative estimate of drug-likeness (QED) is 0.733. The zero-order chi connectivity index (χ0) is 11.9. The standard InChI is InChI=1S/C14H28O/c1-7-11(15)14(6)10-8-9-12(2,3)13(14,4)5/h11,15H,7-10H2,1-6H3. The van der Waals surface area contributed by atoms with Crippen molar-refractivity contribution in [2.45, 2.75) is 73.3 Å². The summed E-state index contributed by atoms with van der Waals surface area (Å²) in [4.78, 5) is 0. The molecule has 0 saturated heterocycles. The summed E-state index contributed by atoms with van der Waals surface area (Å²) in [5.41, 5.74) is 0.604. The van der Waals surface area contributed by atoms with Gasteiger partial charge in [0.2, 0.25) is 0 Å². The minimum absolute atomic E-state index is 0.0729. The molecule has 15 heavy (non-hydrogen) atoms. The fraction of sp³-hybridized carbons (Fsp3) is 1.00. The Hall–Kier alpha value is -0.0400. The first-order chi connectivity index (χ1) is 6.69. The highest BCUT2D eigenvalue weighted by atomic mass is 16.3. The van der Waals surface area contributed by atoms with E-state index >= 15 is 0 Å². The van der Waals surface area contributed by atoms with Crippen LogP contribution in [0.4, 0.5) is 0 Å². The van der Waals surface area contributed by atoms with Gasteiger partial charge in [-0.05, 0) is 35.5 Å². The van der Waals surface area contributed by atoms with Crippen molar-refractivity contribution in [1.82, 2.24) is 0 Å². The van der Waals surface area contributed by atoms with Crippen LogP contribution in [-0.2, 0) is 0 Å². The van der Waals surface area contributed by atoms with Crippen LogP contribution in [0.3, 0.4) is 0 Å². The van der Waals surface area contributed by atoms with E-state index in [1.54, 1.807) is 0 Å². The number of aliphatic hydroxyl groups is 1. The van der Waals surface area contributed by atoms with Crippen LogP contribution >= 0.6 is 0 Å². The van der Waals surface area contributed by atoms with E-state index in [-0.39, 0.29) is 16.9 Å². The van der Waals surface area contributed by atoms with Crippen LogP contribution in [0.15, 0.2) is 0 Å². The number of hydrogen-bond acceptors (Lipinski definition) is 1. The van der Waals surface area contributed by atoms with Gasteiger partial charge in [-0.3, -0.25) is 0 Å². The van der Waals surface area contributed by atoms with Gasteiger partial charge in [0.15, 0.2) is 0 Å². The topological polar surface area (TPSA) is 20.2 Å². The zero-order valence-electron chi connectivity index (χ0n) is 11.4. The third-order valence-corrected chi connectivity index (χ3v) is 5.74. The van der Waals surface area contributed by atoms with E-state index in [4.69, 9.17) is 0 Å². The predicted molar refractivity (Wildman–Crippen MR) is 65.8 cm³/mol. The van der Waals surface area contributed by atoms with Crippen LogP contribution in [-0.4, -0.2) is 11.2 Å². The highest BCUT2D eigenvalue weighted by molar-refractivity contribution is 5.04. The lowest BCUT2D eigenvalue weighted by Gasteiger charge is -2.59. The molecule has 1 saturated carbocycles. The van der Waals surface area contributed by atoms with Gasteiger partial charge in [-0.1, -0.05) is 48.0 Å². The largest absolute Gasteiger partial charge is 0.393 e. The Bertz CT molecular complexity index is 229. The molecule has 0 aliphatic heterocycles. The van der Waals surface area contributed by atoms with Gasteiger partial charge in [0, 0.05) is 0 Å². The summed E-state index contributed by atoms with van der Waals surface area (Å²) in [6.07, 6.45) is 4.41. The average molecular weight is 212 g/mol. The molecule has 1 heteroatoms. The average Bonchev–Trinajstić information content (AvgIpc) is 2.13. The van der Waals surface area contributed by atoms with Crippen molar-refractivity contribution in [1.29, 1.82) is 0 Å². The predicted octanol–water partition coefficient (Wildman–Crippen LogP) is 4.00. The molecule has 0 aromatic rings. The van der Waals surface area contributed by atoms with Crippen molar-refractivity contribution in [3.05, 3.63) is 0 Å². The van der Waals surface area contributed by atoms with Crippen molar-refractivity contribution in [2.24, 2.45) is 16.2 Å². The molecule has 1 nitrogen and oxygen atoms in total. The van der Waals surface area contributed by atoms with E-state index in [0.29, 0.717) is 5.41 Å². The van der Waals surface area contributed by atoms with Crippen molar-refractivity contribution in [2.75, 3.05) is 0 Å². The fourth-order valence-electron chi connectivity index (χ4n) is 3.33. The van der Waals surface area contributed by atoms with Gasteiger partial charge in [-0.2, -0.15) is 0 Å². The molecule has 0 aromatic carbocycles. The second kappa shape index (κ2) is 3.76. The Balaban J connectivity index is 3.08. The lowest BCUT2D eigenvalue weighted by Crippen LogP contribution is -2.54. The first kappa shape index (κ1) is 13.0. The first-order valence-corrected chi connectivity index (χ1v) is 6.37. The number of rotatable bonds is 2. The second-order valence-electron chi connectivity index (χ2n) is 6.70. The molecule has 1 aliphatic rings. The first-order valence-electron chi connectivity index (χ1n) is 6.37. The minimum atomic E-state index is -0.160. The highest BCUT2D eigenvalue weighted by Gasteiger charge is 2.55. The summed E-state index contributed by atoms with van der Waals surface area (Å²) in [5.74, 6) is 0. The molecule has 1 N–H and O–H groups in total. The maximum Gasteiger partial charge on any atom is 0.0596 e. The molecular formula is C14H28O. The molecule has 0 aromatic heterocycles. The van der Waals surface area contributed by atoms with Crippen molar-refractivity contribution in [3.63, 3.8) is 0 Å². The van der Waals surface area contributed by atoms with E-state index in [0.717, 1.165) is 6.42 Å². The minimum Gasteiger partial charge on any atom is -0.393 e. The van der Waals surface area contributed by atoms with Gasteiger partial charge >= 0.3 is 0 Å². The van der Waals surface area contributed by atoms with Crippen LogP contribution in [0.2, 0.25) is 0 Å². The Morgan fingerprint density at radius 2 is 1.60 bits per heavy atom. The molecule has 0 bridgehead atoms. The summed E-state index contributed by atoms with van der Waals surface area (Å²) < 4.78 is 0. The summed E-state index contributed by atoms with van der Waals surface area (Å²) in [7, 11) is 0. The Morgan fingerprint density at radius 3 is 2.07 bits per heavy atom. The summed E-state index contributed by atoms with van der Waals surface area (Å²) in [6.45, 7) is 13.8. The number of aliphatic hydroxyl groups excluding tert-OH is 1. The summed E-state index contributed by atoms with van der Waals surface area (Å²) >= 11 is 0. The van der Waals surface area contributed by atoms with Crippen molar-refractivity contribution in [3.8, 4) is 0 Å². The molecule has 2 unspecified atom stereocenters. The lowest BCUT2D eigenvalue weighted by molar-refractivity contribution is -0.141. The normalized spacial score (nSPS) is 36.2. The molecule has 0 heterocycles. The molecule has 0 amide bonds. The van der Waals surface area contributed by atoms with Gasteiger partial charge in [0.05, 0.1) is 6.10 Å². The van der Waals surface area contributed by atoms with Gasteiger partial charge < -0.3 is 5.11 Å². The maximum atomic E-state index is 10.3. The van der Waals surface area contributed by atoms with Gasteiger partial charge in [-0.25, -0.2) is 0 Å². The van der Waals surface area contributed by atoms with E-state index < -0.39 is 0 Å². The van der Waals surface area contributed by atoms with Gasteiger partial charge in [-0.15, -0.1) is 0 Å². The van der Waals surface area contributed by atoms with Crippen LogP contribution in [0.1, 0.15) is 67.2 Å². The van der Waals surface area contributed by atoms with Gasteiger partial charge in [0.1, 0.15) is 0 Å². The monoisotopic (exact) mass is 212 g/mol.